The van der Waals surface area contributed by atoms with E-state index in [-0.39, 0.29) is 29.5 Å². The fourth-order valence-corrected chi connectivity index (χ4v) is 4.66. The zero-order valence-electron chi connectivity index (χ0n) is 18.3. The SMILES string of the molecule is COc1ccc(S(=O)(=O)NCCOc2ccccc2C(C)C)cc1C(=O)N1CCCC1. The Morgan fingerprint density at radius 1 is 1.10 bits per heavy atom. The van der Waals surface area contributed by atoms with Crippen LogP contribution in [0.5, 0.6) is 11.5 Å². The van der Waals surface area contributed by atoms with Gasteiger partial charge >= 0.3 is 0 Å². The third kappa shape index (κ3) is 5.57. The van der Waals surface area contributed by atoms with Crippen molar-refractivity contribution in [2.75, 3.05) is 33.4 Å². The normalized spacial score (nSPS) is 14.1. The minimum absolute atomic E-state index is 0.0263. The highest BCUT2D eigenvalue weighted by Gasteiger charge is 2.25. The van der Waals surface area contributed by atoms with Crippen LogP contribution in [0.2, 0.25) is 0 Å². The lowest BCUT2D eigenvalue weighted by atomic mass is 10.0. The highest BCUT2D eigenvalue weighted by molar-refractivity contribution is 7.89. The van der Waals surface area contributed by atoms with Gasteiger partial charge in [0.2, 0.25) is 10.0 Å². The summed E-state index contributed by atoms with van der Waals surface area (Å²) in [5.74, 6) is 1.21. The Bertz CT molecular complexity index is 1010. The number of carbonyl (C=O) groups is 1. The molecule has 0 aromatic heterocycles. The fourth-order valence-electron chi connectivity index (χ4n) is 3.62. The largest absolute Gasteiger partial charge is 0.496 e. The maximum Gasteiger partial charge on any atom is 0.257 e. The van der Waals surface area contributed by atoms with Crippen molar-refractivity contribution in [3.8, 4) is 11.5 Å². The maximum absolute atomic E-state index is 12.8. The molecule has 8 heteroatoms. The Morgan fingerprint density at radius 3 is 2.48 bits per heavy atom. The molecule has 0 bridgehead atoms. The summed E-state index contributed by atoms with van der Waals surface area (Å²) in [5.41, 5.74) is 1.33. The lowest BCUT2D eigenvalue weighted by molar-refractivity contribution is 0.0789. The predicted molar refractivity (Wildman–Crippen MR) is 119 cm³/mol. The molecule has 31 heavy (non-hydrogen) atoms. The van der Waals surface area contributed by atoms with Crippen molar-refractivity contribution < 1.29 is 22.7 Å². The van der Waals surface area contributed by atoms with Crippen molar-refractivity contribution in [2.45, 2.75) is 37.5 Å². The van der Waals surface area contributed by atoms with Gasteiger partial charge < -0.3 is 14.4 Å². The molecule has 1 aliphatic rings. The molecule has 0 spiro atoms. The average molecular weight is 447 g/mol. The van der Waals surface area contributed by atoms with E-state index in [9.17, 15) is 13.2 Å². The van der Waals surface area contributed by atoms with E-state index in [2.05, 4.69) is 18.6 Å². The molecule has 1 heterocycles. The van der Waals surface area contributed by atoms with Crippen molar-refractivity contribution in [2.24, 2.45) is 0 Å². The maximum atomic E-state index is 12.8. The van der Waals surface area contributed by atoms with Crippen LogP contribution in [0.15, 0.2) is 47.4 Å². The first-order chi connectivity index (χ1) is 14.8. The second-order valence-electron chi connectivity index (χ2n) is 7.80. The Balaban J connectivity index is 1.67. The number of nitrogens with one attached hydrogen (secondary N) is 1. The number of carbonyl (C=O) groups excluding carboxylic acids is 1. The Labute approximate surface area is 184 Å². The third-order valence-corrected chi connectivity index (χ3v) is 6.76. The van der Waals surface area contributed by atoms with Crippen molar-refractivity contribution in [1.29, 1.82) is 0 Å². The number of ether oxygens (including phenoxy) is 2. The summed E-state index contributed by atoms with van der Waals surface area (Å²) < 4.78 is 39.2. The zero-order chi connectivity index (χ0) is 22.4. The van der Waals surface area contributed by atoms with Crippen molar-refractivity contribution in [3.05, 3.63) is 53.6 Å². The van der Waals surface area contributed by atoms with Crippen LogP contribution >= 0.6 is 0 Å². The van der Waals surface area contributed by atoms with E-state index >= 15 is 0 Å². The summed E-state index contributed by atoms with van der Waals surface area (Å²) in [4.78, 5) is 14.6. The van der Waals surface area contributed by atoms with Crippen LogP contribution in [0.1, 0.15) is 48.5 Å². The molecule has 0 aliphatic carbocycles. The van der Waals surface area contributed by atoms with E-state index in [1.54, 1.807) is 4.90 Å². The van der Waals surface area contributed by atoms with E-state index in [0.717, 1.165) is 24.2 Å². The molecule has 2 aromatic carbocycles. The van der Waals surface area contributed by atoms with Gasteiger partial charge in [-0.05, 0) is 48.6 Å². The van der Waals surface area contributed by atoms with Gasteiger partial charge in [0.15, 0.2) is 0 Å². The Hall–Kier alpha value is -2.58. The molecule has 0 atom stereocenters. The fraction of sp³-hybridized carbons (Fsp3) is 0.435. The van der Waals surface area contributed by atoms with Crippen LogP contribution in [0.3, 0.4) is 0 Å². The zero-order valence-corrected chi connectivity index (χ0v) is 19.1. The van der Waals surface area contributed by atoms with E-state index in [1.807, 2.05) is 24.3 Å². The van der Waals surface area contributed by atoms with Gasteiger partial charge in [0.05, 0.1) is 17.6 Å². The summed E-state index contributed by atoms with van der Waals surface area (Å²) in [6.07, 6.45) is 1.90. The topological polar surface area (TPSA) is 84.9 Å². The minimum Gasteiger partial charge on any atom is -0.496 e. The van der Waals surface area contributed by atoms with Crippen molar-refractivity contribution in [1.82, 2.24) is 9.62 Å². The summed E-state index contributed by atoms with van der Waals surface area (Å²) in [6.45, 7) is 5.80. The first-order valence-corrected chi connectivity index (χ1v) is 12.0. The number of likely N-dealkylation sites (tertiary alicyclic amines) is 1. The molecule has 1 amide bonds. The van der Waals surface area contributed by atoms with Gasteiger partial charge in [0, 0.05) is 19.6 Å². The van der Waals surface area contributed by atoms with Crippen LogP contribution in [0.25, 0.3) is 0 Å². The van der Waals surface area contributed by atoms with Gasteiger partial charge in [-0.1, -0.05) is 32.0 Å². The number of methoxy groups -OCH3 is 1. The molecule has 3 rings (SSSR count). The molecule has 1 fully saturated rings. The van der Waals surface area contributed by atoms with Gasteiger partial charge in [-0.2, -0.15) is 0 Å². The highest BCUT2D eigenvalue weighted by atomic mass is 32.2. The molecule has 0 unspecified atom stereocenters. The lowest BCUT2D eigenvalue weighted by Gasteiger charge is -2.18. The van der Waals surface area contributed by atoms with Crippen molar-refractivity contribution in [3.63, 3.8) is 0 Å². The standard InChI is InChI=1S/C23H30N2O5S/c1-17(2)19-8-4-5-9-22(19)30-15-12-24-31(27,28)18-10-11-21(29-3)20(16-18)23(26)25-13-6-7-14-25/h4-5,8-11,16-17,24H,6-7,12-15H2,1-3H3. The van der Waals surface area contributed by atoms with E-state index < -0.39 is 10.0 Å². The molecular formula is C23H30N2O5S. The molecule has 168 valence electrons. The number of rotatable bonds is 9. The van der Waals surface area contributed by atoms with Crippen LogP contribution in [-0.2, 0) is 10.0 Å². The number of hydrogen-bond donors (Lipinski definition) is 1. The van der Waals surface area contributed by atoms with E-state index in [0.29, 0.717) is 24.8 Å². The highest BCUT2D eigenvalue weighted by Crippen LogP contribution is 2.27. The smallest absolute Gasteiger partial charge is 0.257 e. The van der Waals surface area contributed by atoms with Gasteiger partial charge in [0.25, 0.3) is 5.91 Å². The monoisotopic (exact) mass is 446 g/mol. The van der Waals surface area contributed by atoms with Gasteiger partial charge in [-0.3, -0.25) is 4.79 Å². The van der Waals surface area contributed by atoms with E-state index in [4.69, 9.17) is 9.47 Å². The summed E-state index contributed by atoms with van der Waals surface area (Å²) >= 11 is 0. The number of benzene rings is 2. The number of hydrogen-bond acceptors (Lipinski definition) is 5. The number of nitrogens with zero attached hydrogens (tertiary/aromatic N) is 1. The second-order valence-corrected chi connectivity index (χ2v) is 9.57. The van der Waals surface area contributed by atoms with Gasteiger partial charge in [-0.15, -0.1) is 0 Å². The summed E-state index contributed by atoms with van der Waals surface area (Å²) in [7, 11) is -2.33. The minimum atomic E-state index is -3.80. The van der Waals surface area contributed by atoms with E-state index in [1.165, 1.54) is 25.3 Å². The average Bonchev–Trinajstić information content (AvgIpc) is 3.31. The first kappa shape index (κ1) is 23.1. The Morgan fingerprint density at radius 2 is 1.81 bits per heavy atom. The molecule has 1 N–H and O–H groups in total. The molecule has 7 nitrogen and oxygen atoms in total. The summed E-state index contributed by atoms with van der Waals surface area (Å²) in [5, 5.41) is 0. The molecule has 1 saturated heterocycles. The van der Waals surface area contributed by atoms with Crippen LogP contribution in [0, 0.1) is 0 Å². The quantitative estimate of drug-likeness (QED) is 0.597. The van der Waals surface area contributed by atoms with Crippen LogP contribution < -0.4 is 14.2 Å². The van der Waals surface area contributed by atoms with Crippen LogP contribution in [-0.4, -0.2) is 52.6 Å². The van der Waals surface area contributed by atoms with Crippen molar-refractivity contribution >= 4 is 15.9 Å². The lowest BCUT2D eigenvalue weighted by Crippen LogP contribution is -2.30. The molecule has 1 aliphatic heterocycles. The second kappa shape index (κ2) is 10.2. The van der Waals surface area contributed by atoms with Crippen LogP contribution in [0.4, 0.5) is 0 Å². The molecule has 0 saturated carbocycles. The van der Waals surface area contributed by atoms with Gasteiger partial charge in [0.1, 0.15) is 18.1 Å². The third-order valence-electron chi connectivity index (χ3n) is 5.30. The molecule has 0 radical (unpaired) electrons. The predicted octanol–water partition coefficient (Wildman–Crippen LogP) is 3.41. The summed E-state index contributed by atoms with van der Waals surface area (Å²) in [6, 6.07) is 12.1. The van der Waals surface area contributed by atoms with Gasteiger partial charge in [-0.25, -0.2) is 13.1 Å². The number of amides is 1. The Kier molecular flexibility index (Phi) is 7.56. The number of para-hydroxylation sites is 1. The molecular weight excluding hydrogens is 416 g/mol. The number of sulfonamides is 1. The first-order valence-electron chi connectivity index (χ1n) is 10.5. The molecule has 2 aromatic rings.